The smallest absolute Gasteiger partial charge is 0.182 e. The van der Waals surface area contributed by atoms with E-state index in [-0.39, 0.29) is 17.8 Å². The molecule has 0 atom stereocenters. The summed E-state index contributed by atoms with van der Waals surface area (Å²) in [5.41, 5.74) is 6.65. The Kier molecular flexibility index (Phi) is 4.06. The summed E-state index contributed by atoms with van der Waals surface area (Å²) in [5.74, 6) is -1.74. The molecule has 2 aromatic rings. The average molecular weight is 263 g/mol. The topological polar surface area (TPSA) is 42.2 Å². The second-order valence-electron chi connectivity index (χ2n) is 4.29. The number of halogens is 2. The van der Waals surface area contributed by atoms with Crippen molar-refractivity contribution in [2.45, 2.75) is 13.1 Å². The lowest BCUT2D eigenvalue weighted by molar-refractivity contribution is 0.498. The van der Waals surface area contributed by atoms with Crippen LogP contribution in [-0.4, -0.2) is 12.0 Å². The second-order valence-corrected chi connectivity index (χ2v) is 4.29. The first-order chi connectivity index (χ1) is 9.13. The van der Waals surface area contributed by atoms with Gasteiger partial charge in [0, 0.05) is 38.1 Å². The van der Waals surface area contributed by atoms with Crippen LogP contribution in [0.3, 0.4) is 0 Å². The zero-order valence-corrected chi connectivity index (χ0v) is 10.6. The summed E-state index contributed by atoms with van der Waals surface area (Å²) in [6.07, 6.45) is 3.36. The summed E-state index contributed by atoms with van der Waals surface area (Å²) in [4.78, 5) is 5.62. The Labute approximate surface area is 110 Å². The third kappa shape index (κ3) is 2.88. The van der Waals surface area contributed by atoms with Crippen molar-refractivity contribution in [1.82, 2.24) is 4.98 Å². The molecule has 0 amide bonds. The van der Waals surface area contributed by atoms with Gasteiger partial charge in [0.05, 0.1) is 5.69 Å². The summed E-state index contributed by atoms with van der Waals surface area (Å²) in [6.45, 7) is 0.432. The van der Waals surface area contributed by atoms with Crippen molar-refractivity contribution in [1.29, 1.82) is 0 Å². The zero-order chi connectivity index (χ0) is 13.8. The Morgan fingerprint density at radius 2 is 2.00 bits per heavy atom. The lowest BCUT2D eigenvalue weighted by Crippen LogP contribution is -2.19. The summed E-state index contributed by atoms with van der Waals surface area (Å²) in [5, 5.41) is 0. The van der Waals surface area contributed by atoms with Crippen molar-refractivity contribution in [2.75, 3.05) is 11.9 Å². The maximum Gasteiger partial charge on any atom is 0.182 e. The monoisotopic (exact) mass is 263 g/mol. The van der Waals surface area contributed by atoms with Crippen LogP contribution in [0, 0.1) is 11.6 Å². The number of anilines is 1. The van der Waals surface area contributed by atoms with Crippen LogP contribution < -0.4 is 10.6 Å². The molecule has 0 bridgehead atoms. The number of benzene rings is 1. The lowest BCUT2D eigenvalue weighted by atomic mass is 10.1. The molecule has 1 aromatic carbocycles. The molecule has 5 heteroatoms. The summed E-state index contributed by atoms with van der Waals surface area (Å²) < 4.78 is 27.6. The Balaban J connectivity index is 2.25. The predicted octanol–water partition coefficient (Wildman–Crippen LogP) is 2.45. The molecule has 2 N–H and O–H groups in total. The quantitative estimate of drug-likeness (QED) is 0.921. The van der Waals surface area contributed by atoms with Crippen LogP contribution in [0.15, 0.2) is 36.7 Å². The molecule has 2 rings (SSSR count). The van der Waals surface area contributed by atoms with Gasteiger partial charge in [-0.15, -0.1) is 0 Å². The minimum absolute atomic E-state index is 0.0185. The molecule has 0 fully saturated rings. The van der Waals surface area contributed by atoms with E-state index in [9.17, 15) is 8.78 Å². The van der Waals surface area contributed by atoms with E-state index >= 15 is 0 Å². The fourth-order valence-corrected chi connectivity index (χ4v) is 1.88. The van der Waals surface area contributed by atoms with Gasteiger partial charge in [0.2, 0.25) is 0 Å². The molecule has 0 saturated carbocycles. The van der Waals surface area contributed by atoms with Crippen LogP contribution in [0.25, 0.3) is 0 Å². The summed E-state index contributed by atoms with van der Waals surface area (Å²) in [7, 11) is 1.70. The average Bonchev–Trinajstić information content (AvgIpc) is 2.42. The highest BCUT2D eigenvalue weighted by molar-refractivity contribution is 5.49. The Hall–Kier alpha value is -2.01. The third-order valence-corrected chi connectivity index (χ3v) is 2.92. The highest BCUT2D eigenvalue weighted by atomic mass is 19.2. The van der Waals surface area contributed by atoms with Crippen molar-refractivity contribution in [2.24, 2.45) is 5.73 Å². The maximum atomic E-state index is 13.9. The van der Waals surface area contributed by atoms with Gasteiger partial charge in [-0.25, -0.2) is 8.78 Å². The number of nitrogens with zero attached hydrogens (tertiary/aromatic N) is 2. The van der Waals surface area contributed by atoms with Gasteiger partial charge in [0.1, 0.15) is 0 Å². The molecule has 0 aliphatic heterocycles. The van der Waals surface area contributed by atoms with E-state index in [0.717, 1.165) is 5.56 Å². The molecule has 0 spiro atoms. The maximum absolute atomic E-state index is 13.9. The summed E-state index contributed by atoms with van der Waals surface area (Å²) >= 11 is 0. The Morgan fingerprint density at radius 3 is 2.63 bits per heavy atom. The minimum Gasteiger partial charge on any atom is -0.368 e. The molecule has 3 nitrogen and oxygen atoms in total. The van der Waals surface area contributed by atoms with Crippen molar-refractivity contribution in [3.05, 3.63) is 59.4 Å². The number of rotatable bonds is 4. The van der Waals surface area contributed by atoms with Crippen molar-refractivity contribution >= 4 is 5.69 Å². The molecule has 0 unspecified atom stereocenters. The van der Waals surface area contributed by atoms with Gasteiger partial charge in [-0.1, -0.05) is 12.1 Å². The first-order valence-corrected chi connectivity index (χ1v) is 5.90. The number of aromatic nitrogens is 1. The molecule has 1 heterocycles. The van der Waals surface area contributed by atoms with Gasteiger partial charge < -0.3 is 10.6 Å². The van der Waals surface area contributed by atoms with E-state index in [1.807, 2.05) is 6.07 Å². The first-order valence-electron chi connectivity index (χ1n) is 5.90. The van der Waals surface area contributed by atoms with Gasteiger partial charge in [0.15, 0.2) is 11.6 Å². The van der Waals surface area contributed by atoms with E-state index in [4.69, 9.17) is 5.73 Å². The van der Waals surface area contributed by atoms with Crippen LogP contribution >= 0.6 is 0 Å². The van der Waals surface area contributed by atoms with Crippen LogP contribution in [0.4, 0.5) is 14.5 Å². The molecule has 19 heavy (non-hydrogen) atoms. The van der Waals surface area contributed by atoms with Crippen molar-refractivity contribution in [3.63, 3.8) is 0 Å². The standard InChI is InChI=1S/C14H15F2N3/c1-19(9-10-3-2-6-18-8-10)12-5-4-11(7-17)13(15)14(12)16/h2-6,8H,7,9,17H2,1H3. The molecular weight excluding hydrogens is 248 g/mol. The van der Waals surface area contributed by atoms with E-state index in [2.05, 4.69) is 4.98 Å². The number of hydrogen-bond acceptors (Lipinski definition) is 3. The van der Waals surface area contributed by atoms with Crippen LogP contribution in [-0.2, 0) is 13.1 Å². The molecule has 0 aliphatic carbocycles. The first kappa shape index (κ1) is 13.4. The molecule has 0 aliphatic rings. The lowest BCUT2D eigenvalue weighted by Gasteiger charge is -2.20. The molecule has 100 valence electrons. The van der Waals surface area contributed by atoms with Gasteiger partial charge in [-0.05, 0) is 17.7 Å². The van der Waals surface area contributed by atoms with Crippen molar-refractivity contribution in [3.8, 4) is 0 Å². The molecule has 0 radical (unpaired) electrons. The van der Waals surface area contributed by atoms with Crippen LogP contribution in [0.5, 0.6) is 0 Å². The Bertz CT molecular complexity index is 558. The number of hydrogen-bond donors (Lipinski definition) is 1. The SMILES string of the molecule is CN(Cc1cccnc1)c1ccc(CN)c(F)c1F. The van der Waals surface area contributed by atoms with Gasteiger partial charge >= 0.3 is 0 Å². The molecular formula is C14H15F2N3. The number of nitrogens with two attached hydrogens (primary N) is 1. The van der Waals surface area contributed by atoms with E-state index in [1.54, 1.807) is 30.4 Å². The largest absolute Gasteiger partial charge is 0.368 e. The van der Waals surface area contributed by atoms with Crippen LogP contribution in [0.1, 0.15) is 11.1 Å². The molecule has 1 aromatic heterocycles. The normalized spacial score (nSPS) is 10.5. The fraction of sp³-hybridized carbons (Fsp3) is 0.214. The van der Waals surface area contributed by atoms with Gasteiger partial charge in [-0.3, -0.25) is 4.98 Å². The fourth-order valence-electron chi connectivity index (χ4n) is 1.88. The second kappa shape index (κ2) is 5.75. The minimum atomic E-state index is -0.877. The highest BCUT2D eigenvalue weighted by Crippen LogP contribution is 2.24. The third-order valence-electron chi connectivity index (χ3n) is 2.92. The molecule has 0 saturated heterocycles. The highest BCUT2D eigenvalue weighted by Gasteiger charge is 2.15. The number of pyridine rings is 1. The van der Waals surface area contributed by atoms with Gasteiger partial charge in [-0.2, -0.15) is 0 Å². The van der Waals surface area contributed by atoms with Crippen molar-refractivity contribution < 1.29 is 8.78 Å². The van der Waals surface area contributed by atoms with E-state index < -0.39 is 11.6 Å². The zero-order valence-electron chi connectivity index (χ0n) is 10.6. The van der Waals surface area contributed by atoms with E-state index in [0.29, 0.717) is 6.54 Å². The Morgan fingerprint density at radius 1 is 1.21 bits per heavy atom. The van der Waals surface area contributed by atoms with Crippen LogP contribution in [0.2, 0.25) is 0 Å². The van der Waals surface area contributed by atoms with Gasteiger partial charge in [0.25, 0.3) is 0 Å². The predicted molar refractivity (Wildman–Crippen MR) is 70.6 cm³/mol. The van der Waals surface area contributed by atoms with E-state index in [1.165, 1.54) is 12.1 Å². The summed E-state index contributed by atoms with van der Waals surface area (Å²) in [6, 6.07) is 6.73.